The Kier molecular flexibility index (Phi) is 3.38. The van der Waals surface area contributed by atoms with Gasteiger partial charge in [0.25, 0.3) is 5.91 Å². The van der Waals surface area contributed by atoms with Gasteiger partial charge in [0, 0.05) is 12.4 Å². The Morgan fingerprint density at radius 3 is 2.78 bits per heavy atom. The van der Waals surface area contributed by atoms with Crippen LogP contribution in [0.2, 0.25) is 0 Å². The normalized spacial score (nSPS) is 10.6. The number of carboxylic acids is 1. The first-order chi connectivity index (χ1) is 8.49. The van der Waals surface area contributed by atoms with Gasteiger partial charge >= 0.3 is 5.97 Å². The van der Waals surface area contributed by atoms with Crippen molar-refractivity contribution in [3.63, 3.8) is 0 Å². The molecule has 1 aromatic carbocycles. The van der Waals surface area contributed by atoms with Crippen LogP contribution in [0.4, 0.5) is 0 Å². The summed E-state index contributed by atoms with van der Waals surface area (Å²) in [7, 11) is 1.42. The van der Waals surface area contributed by atoms with Gasteiger partial charge in [0.05, 0.1) is 4.47 Å². The van der Waals surface area contributed by atoms with Gasteiger partial charge in [-0.15, -0.1) is 0 Å². The number of hydrogen-bond acceptors (Lipinski definition) is 3. The number of carbonyl (C=O) groups excluding carboxylic acids is 1. The average Bonchev–Trinajstić information content (AvgIpc) is 2.72. The minimum Gasteiger partial charge on any atom is -0.480 e. The number of carbonyl (C=O) groups is 2. The minimum atomic E-state index is -1.07. The Hall–Kier alpha value is -1.82. The van der Waals surface area contributed by atoms with E-state index in [9.17, 15) is 9.59 Å². The van der Waals surface area contributed by atoms with Crippen LogP contribution in [0.1, 0.15) is 10.6 Å². The molecule has 2 aromatic rings. The summed E-state index contributed by atoms with van der Waals surface area (Å²) in [6, 6.07) is 7.05. The number of likely N-dealkylation sites (N-methyl/N-ethyl adjacent to an activating group) is 1. The highest BCUT2D eigenvalue weighted by Gasteiger charge is 2.19. The van der Waals surface area contributed by atoms with E-state index in [2.05, 4.69) is 15.9 Å². The zero-order valence-electron chi connectivity index (χ0n) is 9.51. The van der Waals surface area contributed by atoms with Gasteiger partial charge in [-0.1, -0.05) is 12.1 Å². The number of benzene rings is 1. The van der Waals surface area contributed by atoms with Gasteiger partial charge in [0.1, 0.15) is 12.1 Å². The molecular formula is C12H10BrNO4. The van der Waals surface area contributed by atoms with Crippen LogP contribution in [0.25, 0.3) is 11.0 Å². The Bertz CT molecular complexity index is 620. The van der Waals surface area contributed by atoms with Gasteiger partial charge in [-0.05, 0) is 28.1 Å². The number of aliphatic carboxylic acids is 1. The molecule has 1 N–H and O–H groups in total. The standard InChI is InChI=1S/C12H10BrNO4/c1-14(6-10(15)16)12(17)9-5-7-3-2-4-8(13)11(7)18-9/h2-5H,6H2,1H3,(H,15,16). The molecule has 0 unspecified atom stereocenters. The van der Waals surface area contributed by atoms with Crippen LogP contribution in [0, 0.1) is 0 Å². The summed E-state index contributed by atoms with van der Waals surface area (Å²) in [5, 5.41) is 9.42. The molecule has 0 atom stereocenters. The highest BCUT2D eigenvalue weighted by Crippen LogP contribution is 2.27. The molecule has 1 aromatic heterocycles. The fourth-order valence-corrected chi connectivity index (χ4v) is 2.06. The number of nitrogens with zero attached hydrogens (tertiary/aromatic N) is 1. The van der Waals surface area contributed by atoms with Gasteiger partial charge in [-0.25, -0.2) is 0 Å². The summed E-state index contributed by atoms with van der Waals surface area (Å²) < 4.78 is 6.18. The maximum atomic E-state index is 11.9. The number of fused-ring (bicyclic) bond motifs is 1. The third-order valence-corrected chi connectivity index (χ3v) is 3.05. The lowest BCUT2D eigenvalue weighted by atomic mass is 10.2. The summed E-state index contributed by atoms with van der Waals surface area (Å²) >= 11 is 3.32. The zero-order valence-corrected chi connectivity index (χ0v) is 11.1. The molecule has 18 heavy (non-hydrogen) atoms. The number of hydrogen-bond donors (Lipinski definition) is 1. The summed E-state index contributed by atoms with van der Waals surface area (Å²) in [4.78, 5) is 23.5. The van der Waals surface area contributed by atoms with Crippen LogP contribution >= 0.6 is 15.9 Å². The molecule has 2 rings (SSSR count). The van der Waals surface area contributed by atoms with E-state index in [1.165, 1.54) is 7.05 Å². The second-order valence-electron chi connectivity index (χ2n) is 3.82. The third-order valence-electron chi connectivity index (χ3n) is 2.43. The Balaban J connectivity index is 2.34. The first-order valence-corrected chi connectivity index (χ1v) is 5.93. The predicted octanol–water partition coefficient (Wildman–Crippen LogP) is 2.35. The van der Waals surface area contributed by atoms with Crippen molar-refractivity contribution in [2.75, 3.05) is 13.6 Å². The van der Waals surface area contributed by atoms with E-state index in [-0.39, 0.29) is 12.3 Å². The van der Waals surface area contributed by atoms with E-state index >= 15 is 0 Å². The maximum absolute atomic E-state index is 11.9. The lowest BCUT2D eigenvalue weighted by Gasteiger charge is -2.11. The van der Waals surface area contributed by atoms with Gasteiger partial charge in [-0.2, -0.15) is 0 Å². The fourth-order valence-electron chi connectivity index (χ4n) is 1.60. The SMILES string of the molecule is CN(CC(=O)O)C(=O)c1cc2cccc(Br)c2o1. The number of amides is 1. The van der Waals surface area contributed by atoms with Crippen molar-refractivity contribution < 1.29 is 19.1 Å². The lowest BCUT2D eigenvalue weighted by molar-refractivity contribution is -0.137. The Morgan fingerprint density at radius 2 is 2.17 bits per heavy atom. The van der Waals surface area contributed by atoms with E-state index in [0.29, 0.717) is 5.58 Å². The number of carboxylic acid groups (broad SMARTS) is 1. The van der Waals surface area contributed by atoms with Gasteiger partial charge < -0.3 is 14.4 Å². The van der Waals surface area contributed by atoms with Crippen molar-refractivity contribution in [2.24, 2.45) is 0 Å². The summed E-state index contributed by atoms with van der Waals surface area (Å²) in [6.45, 7) is -0.364. The average molecular weight is 312 g/mol. The van der Waals surface area contributed by atoms with E-state index in [1.54, 1.807) is 12.1 Å². The Labute approximate surface area is 111 Å². The molecule has 0 bridgehead atoms. The van der Waals surface area contributed by atoms with E-state index in [1.807, 2.05) is 12.1 Å². The van der Waals surface area contributed by atoms with E-state index < -0.39 is 11.9 Å². The molecule has 0 aliphatic carbocycles. The highest BCUT2D eigenvalue weighted by molar-refractivity contribution is 9.10. The molecule has 5 nitrogen and oxygen atoms in total. The lowest BCUT2D eigenvalue weighted by Crippen LogP contribution is -2.31. The Morgan fingerprint density at radius 1 is 1.44 bits per heavy atom. The second-order valence-corrected chi connectivity index (χ2v) is 4.68. The van der Waals surface area contributed by atoms with Crippen LogP contribution in [0.5, 0.6) is 0 Å². The number of rotatable bonds is 3. The monoisotopic (exact) mass is 311 g/mol. The number of para-hydroxylation sites is 1. The number of halogens is 1. The van der Waals surface area contributed by atoms with Crippen molar-refractivity contribution in [2.45, 2.75) is 0 Å². The predicted molar refractivity (Wildman–Crippen MR) is 68.5 cm³/mol. The maximum Gasteiger partial charge on any atom is 0.323 e. The first-order valence-electron chi connectivity index (χ1n) is 5.14. The van der Waals surface area contributed by atoms with Crippen molar-refractivity contribution >= 4 is 38.8 Å². The van der Waals surface area contributed by atoms with E-state index in [4.69, 9.17) is 9.52 Å². The molecule has 0 fully saturated rings. The molecule has 1 heterocycles. The number of furan rings is 1. The minimum absolute atomic E-state index is 0.126. The highest BCUT2D eigenvalue weighted by atomic mass is 79.9. The largest absolute Gasteiger partial charge is 0.480 e. The van der Waals surface area contributed by atoms with Crippen molar-refractivity contribution in [1.82, 2.24) is 4.90 Å². The summed E-state index contributed by atoms with van der Waals surface area (Å²) in [5.74, 6) is -1.40. The van der Waals surface area contributed by atoms with E-state index in [0.717, 1.165) is 14.8 Å². The quantitative estimate of drug-likeness (QED) is 0.944. The van der Waals surface area contributed by atoms with Crippen molar-refractivity contribution in [3.05, 3.63) is 34.5 Å². The zero-order chi connectivity index (χ0) is 13.3. The van der Waals surface area contributed by atoms with Crippen molar-refractivity contribution in [1.29, 1.82) is 0 Å². The molecule has 0 spiro atoms. The fraction of sp³-hybridized carbons (Fsp3) is 0.167. The molecule has 0 aliphatic heterocycles. The second kappa shape index (κ2) is 4.81. The van der Waals surface area contributed by atoms with Crippen molar-refractivity contribution in [3.8, 4) is 0 Å². The van der Waals surface area contributed by atoms with Gasteiger partial charge in [-0.3, -0.25) is 9.59 Å². The molecular weight excluding hydrogens is 302 g/mol. The van der Waals surface area contributed by atoms with Gasteiger partial charge in [0.15, 0.2) is 5.76 Å². The van der Waals surface area contributed by atoms with Crippen LogP contribution in [-0.2, 0) is 4.79 Å². The topological polar surface area (TPSA) is 70.8 Å². The summed E-state index contributed by atoms with van der Waals surface area (Å²) in [6.07, 6.45) is 0. The molecule has 1 amide bonds. The van der Waals surface area contributed by atoms with Gasteiger partial charge in [0.2, 0.25) is 0 Å². The van der Waals surface area contributed by atoms with Crippen LogP contribution < -0.4 is 0 Å². The molecule has 6 heteroatoms. The molecule has 0 radical (unpaired) electrons. The van der Waals surface area contributed by atoms with Crippen LogP contribution in [0.15, 0.2) is 33.2 Å². The molecule has 0 aliphatic rings. The first kappa shape index (κ1) is 12.6. The van der Waals surface area contributed by atoms with Crippen LogP contribution in [-0.4, -0.2) is 35.5 Å². The third kappa shape index (κ3) is 2.38. The molecule has 94 valence electrons. The molecule has 0 saturated heterocycles. The molecule has 0 saturated carbocycles. The smallest absolute Gasteiger partial charge is 0.323 e. The summed E-state index contributed by atoms with van der Waals surface area (Å²) in [5.41, 5.74) is 0.574. The van der Waals surface area contributed by atoms with Crippen LogP contribution in [0.3, 0.4) is 0 Å².